The Balaban J connectivity index is 0.00000182. The lowest BCUT2D eigenvalue weighted by Crippen LogP contribution is -2.48. The maximum Gasteiger partial charge on any atom is 0.289 e. The van der Waals surface area contributed by atoms with Crippen molar-refractivity contribution in [3.05, 3.63) is 35.6 Å². The van der Waals surface area contributed by atoms with E-state index in [4.69, 9.17) is 9.15 Å². The fraction of sp³-hybridized carbons (Fsp3) is 0.526. The summed E-state index contributed by atoms with van der Waals surface area (Å²) in [6, 6.07) is 9.14. The van der Waals surface area contributed by atoms with Crippen LogP contribution in [-0.4, -0.2) is 43.1 Å². The minimum absolute atomic E-state index is 0. The fourth-order valence-corrected chi connectivity index (χ4v) is 4.23. The average Bonchev–Trinajstić information content (AvgIpc) is 3.14. The van der Waals surface area contributed by atoms with Crippen molar-refractivity contribution >= 4 is 29.3 Å². The van der Waals surface area contributed by atoms with Crippen molar-refractivity contribution in [1.29, 1.82) is 0 Å². The molecule has 2 aliphatic heterocycles. The number of piperidine rings is 1. The highest BCUT2D eigenvalue weighted by Crippen LogP contribution is 2.32. The summed E-state index contributed by atoms with van der Waals surface area (Å²) < 4.78 is 11.2. The number of ether oxygens (including phenoxy) is 1. The van der Waals surface area contributed by atoms with E-state index in [0.717, 1.165) is 29.4 Å². The number of fused-ring (bicyclic) bond motifs is 3. The summed E-state index contributed by atoms with van der Waals surface area (Å²) in [6.45, 7) is 0.378. The molecule has 25 heavy (non-hydrogen) atoms. The standard InChI is InChI=1S/C19H24N2O3.ClH/c1-21(14-9-12-7-8-13(10-14)20-12)19(22)18-16(11-23-2)15-5-3-4-6-17(15)24-18;/h3-6,12-14,20H,7-11H2,1-2H3;1H. The first-order valence-electron chi connectivity index (χ1n) is 8.70. The van der Waals surface area contributed by atoms with Crippen LogP contribution in [0.2, 0.25) is 0 Å². The lowest BCUT2D eigenvalue weighted by molar-refractivity contribution is 0.0646. The van der Waals surface area contributed by atoms with Crippen LogP contribution >= 0.6 is 12.4 Å². The molecule has 2 saturated heterocycles. The highest BCUT2D eigenvalue weighted by atomic mass is 35.5. The van der Waals surface area contributed by atoms with Crippen LogP contribution in [0.25, 0.3) is 11.0 Å². The van der Waals surface area contributed by atoms with Gasteiger partial charge in [0.1, 0.15) is 5.58 Å². The lowest BCUT2D eigenvalue weighted by atomic mass is 9.98. The van der Waals surface area contributed by atoms with Crippen LogP contribution < -0.4 is 5.32 Å². The maximum absolute atomic E-state index is 13.1. The predicted octanol–water partition coefficient (Wildman–Crippen LogP) is 3.36. The zero-order valence-corrected chi connectivity index (χ0v) is 15.5. The lowest BCUT2D eigenvalue weighted by Gasteiger charge is -2.35. The second kappa shape index (κ2) is 7.36. The number of para-hydroxylation sites is 1. The predicted molar refractivity (Wildman–Crippen MR) is 99.2 cm³/mol. The Morgan fingerprint density at radius 1 is 1.28 bits per heavy atom. The van der Waals surface area contributed by atoms with Gasteiger partial charge < -0.3 is 19.4 Å². The number of amides is 1. The Labute approximate surface area is 154 Å². The third-order valence-electron chi connectivity index (χ3n) is 5.50. The van der Waals surface area contributed by atoms with Crippen LogP contribution in [-0.2, 0) is 11.3 Å². The summed E-state index contributed by atoms with van der Waals surface area (Å²) in [7, 11) is 3.55. The van der Waals surface area contributed by atoms with E-state index < -0.39 is 0 Å². The van der Waals surface area contributed by atoms with Gasteiger partial charge in [-0.3, -0.25) is 4.79 Å². The van der Waals surface area contributed by atoms with E-state index in [-0.39, 0.29) is 24.4 Å². The summed E-state index contributed by atoms with van der Waals surface area (Å²) in [6.07, 6.45) is 4.50. The van der Waals surface area contributed by atoms with E-state index in [1.54, 1.807) is 7.11 Å². The van der Waals surface area contributed by atoms with Gasteiger partial charge in [0.05, 0.1) is 6.61 Å². The summed E-state index contributed by atoms with van der Waals surface area (Å²) in [5.74, 6) is 0.385. The van der Waals surface area contributed by atoms with Crippen molar-refractivity contribution in [2.75, 3.05) is 14.2 Å². The SMILES string of the molecule is COCc1c(C(=O)N(C)C2CC3CCC(C2)N3)oc2ccccc12.Cl. The van der Waals surface area contributed by atoms with Crippen LogP contribution in [0.15, 0.2) is 28.7 Å². The Morgan fingerprint density at radius 3 is 2.64 bits per heavy atom. The fourth-order valence-electron chi connectivity index (χ4n) is 4.23. The van der Waals surface area contributed by atoms with Crippen LogP contribution in [0, 0.1) is 0 Å². The molecule has 0 radical (unpaired) electrons. The number of carbonyl (C=O) groups excluding carboxylic acids is 1. The van der Waals surface area contributed by atoms with E-state index in [0.29, 0.717) is 24.5 Å². The number of hydrogen-bond acceptors (Lipinski definition) is 4. The largest absolute Gasteiger partial charge is 0.451 e. The number of nitrogens with zero attached hydrogens (tertiary/aromatic N) is 1. The molecule has 1 amide bonds. The van der Waals surface area contributed by atoms with Crippen molar-refractivity contribution in [2.24, 2.45) is 0 Å². The quantitative estimate of drug-likeness (QED) is 0.903. The molecule has 2 atom stereocenters. The summed E-state index contributed by atoms with van der Waals surface area (Å²) >= 11 is 0. The molecule has 5 nitrogen and oxygen atoms in total. The summed E-state index contributed by atoms with van der Waals surface area (Å²) in [4.78, 5) is 15.0. The molecule has 2 bridgehead atoms. The maximum atomic E-state index is 13.1. The molecular weight excluding hydrogens is 340 g/mol. The van der Waals surface area contributed by atoms with Gasteiger partial charge >= 0.3 is 0 Å². The first-order chi connectivity index (χ1) is 11.7. The van der Waals surface area contributed by atoms with Gasteiger partial charge in [0.2, 0.25) is 0 Å². The summed E-state index contributed by atoms with van der Waals surface area (Å²) in [5, 5.41) is 4.59. The van der Waals surface area contributed by atoms with Crippen molar-refractivity contribution in [3.8, 4) is 0 Å². The van der Waals surface area contributed by atoms with E-state index >= 15 is 0 Å². The minimum Gasteiger partial charge on any atom is -0.451 e. The second-order valence-electron chi connectivity index (χ2n) is 7.02. The Bertz CT molecular complexity index is 748. The molecule has 6 heteroatoms. The van der Waals surface area contributed by atoms with Gasteiger partial charge in [-0.25, -0.2) is 0 Å². The van der Waals surface area contributed by atoms with E-state index in [9.17, 15) is 4.79 Å². The zero-order chi connectivity index (χ0) is 16.7. The number of methoxy groups -OCH3 is 1. The Morgan fingerprint density at radius 2 is 1.96 bits per heavy atom. The van der Waals surface area contributed by atoms with E-state index in [2.05, 4.69) is 5.32 Å². The van der Waals surface area contributed by atoms with Gasteiger partial charge in [0, 0.05) is 43.2 Å². The smallest absolute Gasteiger partial charge is 0.289 e. The molecule has 1 aromatic carbocycles. The topological polar surface area (TPSA) is 54.7 Å². The van der Waals surface area contributed by atoms with Crippen molar-refractivity contribution in [2.45, 2.75) is 50.4 Å². The van der Waals surface area contributed by atoms with Crippen LogP contribution in [0.4, 0.5) is 0 Å². The average molecular weight is 365 g/mol. The van der Waals surface area contributed by atoms with Gasteiger partial charge in [0.25, 0.3) is 5.91 Å². The van der Waals surface area contributed by atoms with Crippen LogP contribution in [0.3, 0.4) is 0 Å². The van der Waals surface area contributed by atoms with Crippen molar-refractivity contribution < 1.29 is 13.9 Å². The van der Waals surface area contributed by atoms with Crippen LogP contribution in [0.5, 0.6) is 0 Å². The van der Waals surface area contributed by atoms with Gasteiger partial charge in [-0.1, -0.05) is 18.2 Å². The third-order valence-corrected chi connectivity index (χ3v) is 5.50. The highest BCUT2D eigenvalue weighted by Gasteiger charge is 2.37. The number of rotatable bonds is 4. The van der Waals surface area contributed by atoms with Gasteiger partial charge in [-0.2, -0.15) is 0 Å². The highest BCUT2D eigenvalue weighted by molar-refractivity contribution is 5.99. The first-order valence-corrected chi connectivity index (χ1v) is 8.70. The molecule has 136 valence electrons. The molecule has 0 saturated carbocycles. The first kappa shape index (κ1) is 18.2. The molecule has 0 aliphatic carbocycles. The monoisotopic (exact) mass is 364 g/mol. The third kappa shape index (κ3) is 3.28. The Hall–Kier alpha value is -1.56. The molecular formula is C19H25ClN2O3. The van der Waals surface area contributed by atoms with Crippen molar-refractivity contribution in [3.63, 3.8) is 0 Å². The normalized spacial score (nSPS) is 25.0. The zero-order valence-electron chi connectivity index (χ0n) is 14.7. The molecule has 2 fully saturated rings. The molecule has 2 aromatic rings. The molecule has 1 aromatic heterocycles. The Kier molecular flexibility index (Phi) is 5.37. The number of halogens is 1. The molecule has 3 heterocycles. The van der Waals surface area contributed by atoms with Gasteiger partial charge in [-0.05, 0) is 31.7 Å². The van der Waals surface area contributed by atoms with E-state index in [1.807, 2.05) is 36.2 Å². The minimum atomic E-state index is -0.0375. The van der Waals surface area contributed by atoms with Crippen LogP contribution in [0.1, 0.15) is 41.8 Å². The summed E-state index contributed by atoms with van der Waals surface area (Å²) in [5.41, 5.74) is 1.59. The molecule has 1 N–H and O–H groups in total. The van der Waals surface area contributed by atoms with Crippen molar-refractivity contribution in [1.82, 2.24) is 10.2 Å². The van der Waals surface area contributed by atoms with Gasteiger partial charge in [0.15, 0.2) is 5.76 Å². The second-order valence-corrected chi connectivity index (χ2v) is 7.02. The molecule has 0 spiro atoms. The molecule has 4 rings (SSSR count). The number of carbonyl (C=O) groups is 1. The number of benzene rings is 1. The number of nitrogens with one attached hydrogen (secondary N) is 1. The van der Waals surface area contributed by atoms with E-state index in [1.165, 1.54) is 12.8 Å². The molecule has 2 unspecified atom stereocenters. The van der Waals surface area contributed by atoms with Gasteiger partial charge in [-0.15, -0.1) is 12.4 Å². The number of hydrogen-bond donors (Lipinski definition) is 1. The molecule has 2 aliphatic rings. The number of furan rings is 1.